The number of carbonyl (C=O) groups excluding carboxylic acids is 3. The van der Waals surface area contributed by atoms with Gasteiger partial charge in [0.05, 0.1) is 19.3 Å². The van der Waals surface area contributed by atoms with E-state index in [0.717, 1.165) is 32.1 Å². The van der Waals surface area contributed by atoms with Crippen molar-refractivity contribution in [1.82, 2.24) is 4.90 Å². The SMILES string of the molecule is CCCCCCCC(SC[C@@H](C(=O)OCC)N1CCCC1(C(=O)O)C(=O)C(C)N)C(=O)OCC. The second-order valence-corrected chi connectivity index (χ2v) is 9.90. The van der Waals surface area contributed by atoms with Crippen molar-refractivity contribution in [1.29, 1.82) is 0 Å². The zero-order valence-corrected chi connectivity index (χ0v) is 21.9. The van der Waals surface area contributed by atoms with Crippen LogP contribution < -0.4 is 5.73 Å². The Hall–Kier alpha value is -1.65. The normalized spacial score (nSPS) is 21.0. The van der Waals surface area contributed by atoms with Crippen molar-refractivity contribution >= 4 is 35.5 Å². The molecule has 9 nitrogen and oxygen atoms in total. The largest absolute Gasteiger partial charge is 0.480 e. The lowest BCUT2D eigenvalue weighted by molar-refractivity contribution is -0.162. The van der Waals surface area contributed by atoms with E-state index in [1.54, 1.807) is 13.8 Å². The third-order valence-electron chi connectivity index (χ3n) is 6.11. The first-order chi connectivity index (χ1) is 16.2. The lowest BCUT2D eigenvalue weighted by Gasteiger charge is -2.38. The number of aliphatic carboxylic acids is 1. The van der Waals surface area contributed by atoms with Crippen LogP contribution in [0.1, 0.15) is 79.1 Å². The number of ketones is 1. The summed E-state index contributed by atoms with van der Waals surface area (Å²) in [6.07, 6.45) is 6.32. The molecule has 1 aliphatic rings. The predicted octanol–water partition coefficient (Wildman–Crippen LogP) is 2.78. The molecule has 0 aromatic carbocycles. The van der Waals surface area contributed by atoms with Crippen molar-refractivity contribution in [3.05, 3.63) is 0 Å². The Morgan fingerprint density at radius 3 is 2.21 bits per heavy atom. The third kappa shape index (κ3) is 7.95. The van der Waals surface area contributed by atoms with Gasteiger partial charge in [-0.1, -0.05) is 39.0 Å². The maximum Gasteiger partial charge on any atom is 0.332 e. The van der Waals surface area contributed by atoms with Crippen LogP contribution in [0.5, 0.6) is 0 Å². The molecule has 196 valence electrons. The maximum absolute atomic E-state index is 13.0. The van der Waals surface area contributed by atoms with E-state index >= 15 is 0 Å². The minimum atomic E-state index is -1.88. The van der Waals surface area contributed by atoms with E-state index in [-0.39, 0.29) is 37.9 Å². The highest BCUT2D eigenvalue weighted by atomic mass is 32.2. The molecule has 1 fully saturated rings. The summed E-state index contributed by atoms with van der Waals surface area (Å²) in [5, 5.41) is 9.60. The first-order valence-electron chi connectivity index (χ1n) is 12.4. The van der Waals surface area contributed by atoms with Gasteiger partial charge in [-0.3, -0.25) is 19.3 Å². The van der Waals surface area contributed by atoms with Gasteiger partial charge in [-0.05, 0) is 40.0 Å². The van der Waals surface area contributed by atoms with Gasteiger partial charge in [-0.25, -0.2) is 4.79 Å². The Morgan fingerprint density at radius 2 is 1.65 bits per heavy atom. The molecule has 3 N–H and O–H groups in total. The van der Waals surface area contributed by atoms with E-state index in [2.05, 4.69) is 6.92 Å². The Labute approximate surface area is 207 Å². The van der Waals surface area contributed by atoms with Crippen LogP contribution in [0.25, 0.3) is 0 Å². The second-order valence-electron chi connectivity index (χ2n) is 8.66. The standard InChI is InChI=1S/C24H42N2O7S/c1-5-8-9-10-11-13-19(22(29)33-7-3)34-16-18(21(28)32-6-2)26-15-12-14-24(26,23(30)31)20(27)17(4)25/h17-19H,5-16,25H2,1-4H3,(H,30,31)/t17?,18-,19?,24?/m0/s1. The number of nitrogens with two attached hydrogens (primary N) is 1. The van der Waals surface area contributed by atoms with Gasteiger partial charge >= 0.3 is 17.9 Å². The van der Waals surface area contributed by atoms with E-state index in [4.69, 9.17) is 15.2 Å². The van der Waals surface area contributed by atoms with Gasteiger partial charge in [-0.2, -0.15) is 0 Å². The van der Waals surface area contributed by atoms with Crippen molar-refractivity contribution < 1.29 is 33.8 Å². The Bertz CT molecular complexity index is 688. The zero-order chi connectivity index (χ0) is 25.7. The quantitative estimate of drug-likeness (QED) is 0.173. The minimum Gasteiger partial charge on any atom is -0.480 e. The van der Waals surface area contributed by atoms with Crippen molar-refractivity contribution in [2.24, 2.45) is 5.73 Å². The molecule has 1 aliphatic heterocycles. The Morgan fingerprint density at radius 1 is 1.03 bits per heavy atom. The molecule has 1 rings (SSSR count). The van der Waals surface area contributed by atoms with Gasteiger partial charge in [0.25, 0.3) is 0 Å². The number of nitrogens with zero attached hydrogens (tertiary/aromatic N) is 1. The third-order valence-corrected chi connectivity index (χ3v) is 7.45. The Balaban J connectivity index is 3.13. The molecule has 0 spiro atoms. The average Bonchev–Trinajstić information content (AvgIpc) is 3.23. The smallest absolute Gasteiger partial charge is 0.332 e. The summed E-state index contributed by atoms with van der Waals surface area (Å²) in [6, 6.07) is -1.99. The van der Waals surface area contributed by atoms with Crippen LogP contribution >= 0.6 is 11.8 Å². The number of hydrogen-bond donors (Lipinski definition) is 2. The molecule has 1 saturated heterocycles. The first kappa shape index (κ1) is 30.4. The van der Waals surface area contributed by atoms with Crippen molar-refractivity contribution in [3.63, 3.8) is 0 Å². The molecule has 0 radical (unpaired) electrons. The van der Waals surface area contributed by atoms with Crippen LogP contribution in [-0.2, 0) is 28.7 Å². The van der Waals surface area contributed by atoms with Gasteiger partial charge in [0, 0.05) is 12.3 Å². The van der Waals surface area contributed by atoms with Crippen LogP contribution in [-0.4, -0.2) is 82.1 Å². The molecule has 0 aliphatic carbocycles. The summed E-state index contributed by atoms with van der Waals surface area (Å²) >= 11 is 1.26. The van der Waals surface area contributed by atoms with E-state index in [9.17, 15) is 24.3 Å². The number of rotatable bonds is 17. The molecule has 34 heavy (non-hydrogen) atoms. The first-order valence-corrected chi connectivity index (χ1v) is 13.5. The van der Waals surface area contributed by atoms with E-state index in [1.165, 1.54) is 23.6 Å². The summed E-state index contributed by atoms with van der Waals surface area (Å²) in [4.78, 5) is 52.3. The zero-order valence-electron chi connectivity index (χ0n) is 21.0. The van der Waals surface area contributed by atoms with Gasteiger partial charge in [0.2, 0.25) is 0 Å². The average molecular weight is 503 g/mol. The van der Waals surface area contributed by atoms with E-state index < -0.39 is 40.6 Å². The summed E-state index contributed by atoms with van der Waals surface area (Å²) in [6.45, 7) is 7.62. The molecular formula is C24H42N2O7S. The van der Waals surface area contributed by atoms with Crippen LogP contribution in [0.3, 0.4) is 0 Å². The second kappa shape index (κ2) is 15.4. The molecule has 3 unspecified atom stereocenters. The molecule has 0 amide bonds. The number of unbranched alkanes of at least 4 members (excludes halogenated alkanes) is 4. The lowest BCUT2D eigenvalue weighted by atomic mass is 9.86. The van der Waals surface area contributed by atoms with Gasteiger partial charge in [0.15, 0.2) is 11.3 Å². The summed E-state index contributed by atoms with van der Waals surface area (Å²) in [5.74, 6) is -2.79. The monoisotopic (exact) mass is 502 g/mol. The van der Waals surface area contributed by atoms with Crippen LogP contribution in [0, 0.1) is 0 Å². The molecular weight excluding hydrogens is 460 g/mol. The number of ether oxygens (including phenoxy) is 2. The van der Waals surface area contributed by atoms with Crippen molar-refractivity contribution in [2.75, 3.05) is 25.5 Å². The number of likely N-dealkylation sites (tertiary alicyclic amines) is 1. The number of carbonyl (C=O) groups is 4. The molecule has 0 bridgehead atoms. The fourth-order valence-corrected chi connectivity index (χ4v) is 5.67. The highest BCUT2D eigenvalue weighted by molar-refractivity contribution is 8.00. The molecule has 4 atom stereocenters. The fourth-order valence-electron chi connectivity index (χ4n) is 4.41. The van der Waals surface area contributed by atoms with E-state index in [0.29, 0.717) is 12.8 Å². The van der Waals surface area contributed by atoms with E-state index in [1.807, 2.05) is 0 Å². The van der Waals surface area contributed by atoms with Gasteiger partial charge < -0.3 is 20.3 Å². The molecule has 0 aromatic heterocycles. The summed E-state index contributed by atoms with van der Waals surface area (Å²) in [5.41, 5.74) is 3.92. The fraction of sp³-hybridized carbons (Fsp3) is 0.833. The van der Waals surface area contributed by atoms with Crippen molar-refractivity contribution in [3.8, 4) is 0 Å². The van der Waals surface area contributed by atoms with Crippen molar-refractivity contribution in [2.45, 2.75) is 102 Å². The van der Waals surface area contributed by atoms with Gasteiger partial charge in [-0.15, -0.1) is 11.8 Å². The number of carboxylic acids is 1. The molecule has 0 saturated carbocycles. The summed E-state index contributed by atoms with van der Waals surface area (Å²) < 4.78 is 10.5. The van der Waals surface area contributed by atoms with Crippen LogP contribution in [0.4, 0.5) is 0 Å². The maximum atomic E-state index is 13.0. The Kier molecular flexibility index (Phi) is 13.7. The number of esters is 2. The number of thioether (sulfide) groups is 1. The minimum absolute atomic E-state index is 0.0714. The number of Topliss-reactive ketones (excluding diaryl/α,β-unsaturated/α-hetero) is 1. The lowest BCUT2D eigenvalue weighted by Crippen LogP contribution is -2.65. The molecule has 0 aromatic rings. The summed E-state index contributed by atoms with van der Waals surface area (Å²) in [7, 11) is 0. The van der Waals surface area contributed by atoms with Gasteiger partial charge in [0.1, 0.15) is 11.3 Å². The van der Waals surface area contributed by atoms with Crippen LogP contribution in [0.2, 0.25) is 0 Å². The highest BCUT2D eigenvalue weighted by Gasteiger charge is 2.57. The predicted molar refractivity (Wildman–Crippen MR) is 132 cm³/mol. The molecule has 10 heteroatoms. The topological polar surface area (TPSA) is 136 Å². The molecule has 1 heterocycles. The number of carboxylic acid groups (broad SMARTS) is 1. The van der Waals surface area contributed by atoms with Crippen LogP contribution in [0.15, 0.2) is 0 Å². The highest BCUT2D eigenvalue weighted by Crippen LogP contribution is 2.35. The number of hydrogen-bond acceptors (Lipinski definition) is 9.